The zero-order valence-corrected chi connectivity index (χ0v) is 16.1. The Morgan fingerprint density at radius 2 is 1.86 bits per heavy atom. The summed E-state index contributed by atoms with van der Waals surface area (Å²) in [6, 6.07) is 15.5. The number of nitrogens with one attached hydrogen (secondary N) is 1. The molecule has 4 rings (SSSR count). The van der Waals surface area contributed by atoms with E-state index in [4.69, 9.17) is 14.2 Å². The van der Waals surface area contributed by atoms with Gasteiger partial charge in [0, 0.05) is 12.1 Å². The molecule has 2 heterocycles. The maximum absolute atomic E-state index is 12.7. The summed E-state index contributed by atoms with van der Waals surface area (Å²) in [4.78, 5) is 15.2. The molecule has 28 heavy (non-hydrogen) atoms. The van der Waals surface area contributed by atoms with Gasteiger partial charge in [0.25, 0.3) is 5.91 Å². The van der Waals surface area contributed by atoms with Crippen LogP contribution in [0.25, 0.3) is 0 Å². The van der Waals surface area contributed by atoms with Crippen molar-refractivity contribution in [2.45, 2.75) is 25.0 Å². The molecule has 0 aromatic heterocycles. The number of hydrogen-bond donors (Lipinski definition) is 1. The maximum Gasteiger partial charge on any atom is 0.264 e. The Bertz CT molecular complexity index is 820. The third kappa shape index (κ3) is 3.92. The van der Waals surface area contributed by atoms with Crippen LogP contribution in [0.2, 0.25) is 0 Å². The van der Waals surface area contributed by atoms with Crippen molar-refractivity contribution < 1.29 is 19.0 Å². The number of carbonyl (C=O) groups is 1. The molecule has 1 fully saturated rings. The number of para-hydroxylation sites is 3. The second-order valence-electron chi connectivity index (χ2n) is 7.11. The molecule has 1 saturated heterocycles. The molecule has 0 radical (unpaired) electrons. The number of hydrogen-bond acceptors (Lipinski definition) is 5. The average molecular weight is 382 g/mol. The smallest absolute Gasteiger partial charge is 0.264 e. The molecule has 0 bridgehead atoms. The van der Waals surface area contributed by atoms with Crippen LogP contribution in [0.3, 0.4) is 0 Å². The quantitative estimate of drug-likeness (QED) is 0.833. The number of nitrogens with zero attached hydrogens (tertiary/aromatic N) is 1. The highest BCUT2D eigenvalue weighted by molar-refractivity contribution is 5.81. The molecule has 2 aliphatic heterocycles. The Hall–Kier alpha value is -2.73. The first-order chi connectivity index (χ1) is 13.8. The summed E-state index contributed by atoms with van der Waals surface area (Å²) in [5.74, 6) is 1.97. The lowest BCUT2D eigenvalue weighted by atomic mass is 10.0. The minimum atomic E-state index is -0.646. The van der Waals surface area contributed by atoms with Gasteiger partial charge in [-0.25, -0.2) is 0 Å². The molecule has 0 saturated carbocycles. The van der Waals surface area contributed by atoms with Crippen LogP contribution in [-0.4, -0.2) is 50.3 Å². The first-order valence-corrected chi connectivity index (χ1v) is 9.79. The van der Waals surface area contributed by atoms with Crippen molar-refractivity contribution in [3.63, 3.8) is 0 Å². The summed E-state index contributed by atoms with van der Waals surface area (Å²) in [5, 5.41) is 3.07. The topological polar surface area (TPSA) is 60.0 Å². The van der Waals surface area contributed by atoms with E-state index in [1.165, 1.54) is 12.8 Å². The molecule has 2 aromatic carbocycles. The highest BCUT2D eigenvalue weighted by Gasteiger charge is 2.30. The molecular formula is C22H26N2O4. The van der Waals surface area contributed by atoms with Crippen molar-refractivity contribution in [2.75, 3.05) is 33.4 Å². The lowest BCUT2D eigenvalue weighted by Gasteiger charge is -2.30. The molecule has 2 aromatic rings. The highest BCUT2D eigenvalue weighted by Crippen LogP contribution is 2.32. The molecule has 0 spiro atoms. The molecule has 148 valence electrons. The largest absolute Gasteiger partial charge is 0.496 e. The predicted molar refractivity (Wildman–Crippen MR) is 106 cm³/mol. The fourth-order valence-electron chi connectivity index (χ4n) is 3.89. The van der Waals surface area contributed by atoms with E-state index in [1.54, 1.807) is 7.11 Å². The van der Waals surface area contributed by atoms with Gasteiger partial charge in [-0.3, -0.25) is 9.69 Å². The van der Waals surface area contributed by atoms with Gasteiger partial charge in [0.1, 0.15) is 12.4 Å². The second-order valence-corrected chi connectivity index (χ2v) is 7.11. The number of rotatable bonds is 6. The first-order valence-electron chi connectivity index (χ1n) is 9.79. The van der Waals surface area contributed by atoms with Gasteiger partial charge in [-0.2, -0.15) is 0 Å². The normalized spacial score (nSPS) is 19.8. The number of carbonyl (C=O) groups excluding carboxylic acids is 1. The Morgan fingerprint density at radius 3 is 2.64 bits per heavy atom. The van der Waals surface area contributed by atoms with E-state index in [9.17, 15) is 4.79 Å². The van der Waals surface area contributed by atoms with E-state index < -0.39 is 6.10 Å². The average Bonchev–Trinajstić information content (AvgIpc) is 3.28. The minimum absolute atomic E-state index is 0.0689. The van der Waals surface area contributed by atoms with Crippen LogP contribution in [0.1, 0.15) is 24.4 Å². The molecule has 6 heteroatoms. The number of methoxy groups -OCH3 is 1. The van der Waals surface area contributed by atoms with Gasteiger partial charge in [-0.05, 0) is 44.1 Å². The van der Waals surface area contributed by atoms with Gasteiger partial charge >= 0.3 is 0 Å². The zero-order chi connectivity index (χ0) is 19.3. The third-order valence-corrected chi connectivity index (χ3v) is 5.35. The van der Waals surface area contributed by atoms with E-state index in [0.717, 1.165) is 24.4 Å². The number of ether oxygens (including phenoxy) is 3. The summed E-state index contributed by atoms with van der Waals surface area (Å²) in [6.45, 7) is 2.76. The van der Waals surface area contributed by atoms with Crippen LogP contribution in [-0.2, 0) is 4.79 Å². The molecule has 1 amide bonds. The molecule has 6 nitrogen and oxygen atoms in total. The van der Waals surface area contributed by atoms with Crippen LogP contribution in [0.4, 0.5) is 0 Å². The molecular weight excluding hydrogens is 356 g/mol. The van der Waals surface area contributed by atoms with Crippen molar-refractivity contribution in [3.05, 3.63) is 54.1 Å². The van der Waals surface area contributed by atoms with Gasteiger partial charge in [0.2, 0.25) is 6.10 Å². The molecule has 0 aliphatic carbocycles. The van der Waals surface area contributed by atoms with Gasteiger partial charge in [0.15, 0.2) is 11.5 Å². The molecule has 1 N–H and O–H groups in total. The summed E-state index contributed by atoms with van der Waals surface area (Å²) in [7, 11) is 1.68. The van der Waals surface area contributed by atoms with Crippen LogP contribution in [0.5, 0.6) is 17.2 Å². The summed E-state index contributed by atoms with van der Waals surface area (Å²) in [5.41, 5.74) is 1.10. The van der Waals surface area contributed by atoms with Gasteiger partial charge in [-0.1, -0.05) is 30.3 Å². The summed E-state index contributed by atoms with van der Waals surface area (Å²) < 4.78 is 17.1. The van der Waals surface area contributed by atoms with Crippen molar-refractivity contribution in [1.29, 1.82) is 0 Å². The summed E-state index contributed by atoms with van der Waals surface area (Å²) >= 11 is 0. The van der Waals surface area contributed by atoms with E-state index in [2.05, 4.69) is 16.3 Å². The maximum atomic E-state index is 12.7. The van der Waals surface area contributed by atoms with Crippen LogP contribution >= 0.6 is 0 Å². The van der Waals surface area contributed by atoms with E-state index in [1.807, 2.05) is 42.5 Å². The lowest BCUT2D eigenvalue weighted by Crippen LogP contribution is -2.46. The molecule has 2 unspecified atom stereocenters. The lowest BCUT2D eigenvalue weighted by molar-refractivity contribution is -0.130. The van der Waals surface area contributed by atoms with Crippen molar-refractivity contribution in [2.24, 2.45) is 0 Å². The van der Waals surface area contributed by atoms with Gasteiger partial charge < -0.3 is 19.5 Å². The standard InChI is InChI=1S/C22H26N2O4/c1-26-18-9-3-2-8-16(18)17(24-12-6-7-13-24)14-23-22(25)21-15-27-19-10-4-5-11-20(19)28-21/h2-5,8-11,17,21H,6-7,12-15H2,1H3,(H,23,25). The highest BCUT2D eigenvalue weighted by atomic mass is 16.6. The van der Waals surface area contributed by atoms with Crippen LogP contribution < -0.4 is 19.5 Å². The van der Waals surface area contributed by atoms with Crippen molar-refractivity contribution in [3.8, 4) is 17.2 Å². The Kier molecular flexibility index (Phi) is 5.67. The van der Waals surface area contributed by atoms with Crippen LogP contribution in [0, 0.1) is 0 Å². The number of benzene rings is 2. The Morgan fingerprint density at radius 1 is 1.14 bits per heavy atom. The Labute approximate surface area is 165 Å². The van der Waals surface area contributed by atoms with Gasteiger partial charge in [-0.15, -0.1) is 0 Å². The fourth-order valence-corrected chi connectivity index (χ4v) is 3.89. The molecule has 2 atom stereocenters. The van der Waals surface area contributed by atoms with E-state index >= 15 is 0 Å². The number of amides is 1. The van der Waals surface area contributed by atoms with E-state index in [-0.39, 0.29) is 18.6 Å². The minimum Gasteiger partial charge on any atom is -0.496 e. The monoisotopic (exact) mass is 382 g/mol. The van der Waals surface area contributed by atoms with Crippen molar-refractivity contribution in [1.82, 2.24) is 10.2 Å². The van der Waals surface area contributed by atoms with E-state index in [0.29, 0.717) is 18.0 Å². The summed E-state index contributed by atoms with van der Waals surface area (Å²) in [6.07, 6.45) is 1.71. The van der Waals surface area contributed by atoms with Crippen LogP contribution in [0.15, 0.2) is 48.5 Å². The number of fused-ring (bicyclic) bond motifs is 1. The molecule has 2 aliphatic rings. The predicted octanol–water partition coefficient (Wildman–Crippen LogP) is 2.79. The third-order valence-electron chi connectivity index (χ3n) is 5.35. The van der Waals surface area contributed by atoms with Crippen molar-refractivity contribution >= 4 is 5.91 Å². The van der Waals surface area contributed by atoms with Gasteiger partial charge in [0.05, 0.1) is 13.2 Å². The second kappa shape index (κ2) is 8.52. The Balaban J connectivity index is 1.45. The number of likely N-dealkylation sites (tertiary alicyclic amines) is 1. The fraction of sp³-hybridized carbons (Fsp3) is 0.409. The first kappa shape index (κ1) is 18.6. The SMILES string of the molecule is COc1ccccc1C(CNC(=O)C1COc2ccccc2O1)N1CCCC1. The zero-order valence-electron chi connectivity index (χ0n) is 16.1.